The van der Waals surface area contributed by atoms with Crippen molar-refractivity contribution in [1.82, 2.24) is 9.29 Å². The maximum absolute atomic E-state index is 12.2. The first-order valence-corrected chi connectivity index (χ1v) is 8.22. The highest BCUT2D eigenvalue weighted by atomic mass is 79.9. The van der Waals surface area contributed by atoms with Crippen LogP contribution in [0.4, 0.5) is 5.69 Å². The molecule has 0 aliphatic heterocycles. The van der Waals surface area contributed by atoms with Gasteiger partial charge in [0.2, 0.25) is 10.0 Å². The molecular weight excluding hydrogens is 362 g/mol. The first-order valence-electron chi connectivity index (χ1n) is 5.94. The van der Waals surface area contributed by atoms with Crippen LogP contribution in [0.5, 0.6) is 0 Å². The van der Waals surface area contributed by atoms with Gasteiger partial charge in [0.05, 0.1) is 4.92 Å². The lowest BCUT2D eigenvalue weighted by atomic mass is 10.3. The number of hydrogen-bond acceptors (Lipinski definition) is 4. The third-order valence-corrected chi connectivity index (χ3v) is 4.72. The van der Waals surface area contributed by atoms with E-state index in [9.17, 15) is 18.5 Å². The van der Waals surface area contributed by atoms with E-state index in [0.717, 1.165) is 6.07 Å². The largest absolute Gasteiger partial charge is 0.353 e. The highest BCUT2D eigenvalue weighted by molar-refractivity contribution is 9.10. The standard InChI is InChI=1S/C12H12BrN3O4S/c13-10-3-4-11(16(17)18)12(9-10)21(19,20)14-5-8-15-6-1-2-7-15/h1-4,6-7,9,14H,5,8H2. The van der Waals surface area contributed by atoms with Gasteiger partial charge >= 0.3 is 0 Å². The molecular formula is C12H12BrN3O4S. The minimum Gasteiger partial charge on any atom is -0.353 e. The summed E-state index contributed by atoms with van der Waals surface area (Å²) < 4.78 is 29.0. The molecule has 21 heavy (non-hydrogen) atoms. The van der Waals surface area contributed by atoms with Crippen molar-refractivity contribution in [1.29, 1.82) is 0 Å². The Hall–Kier alpha value is -1.71. The van der Waals surface area contributed by atoms with Crippen LogP contribution in [0.2, 0.25) is 0 Å². The molecule has 0 atom stereocenters. The van der Waals surface area contributed by atoms with Gasteiger partial charge < -0.3 is 4.57 Å². The molecule has 1 N–H and O–H groups in total. The molecule has 1 heterocycles. The molecule has 0 spiro atoms. The molecule has 0 aliphatic carbocycles. The van der Waals surface area contributed by atoms with Crippen LogP contribution < -0.4 is 4.72 Å². The second kappa shape index (κ2) is 6.37. The van der Waals surface area contributed by atoms with E-state index < -0.39 is 20.6 Å². The number of nitrogens with zero attached hydrogens (tertiary/aromatic N) is 2. The fraction of sp³-hybridized carbons (Fsp3) is 0.167. The van der Waals surface area contributed by atoms with Crippen molar-refractivity contribution in [2.75, 3.05) is 6.54 Å². The first kappa shape index (κ1) is 15.7. The molecule has 0 aliphatic rings. The molecule has 0 saturated heterocycles. The molecule has 2 rings (SSSR count). The van der Waals surface area contributed by atoms with Gasteiger partial charge in [-0.15, -0.1) is 0 Å². The number of nitrogens with one attached hydrogen (secondary N) is 1. The van der Waals surface area contributed by atoms with E-state index in [0.29, 0.717) is 11.0 Å². The third kappa shape index (κ3) is 3.90. The third-order valence-electron chi connectivity index (χ3n) is 2.74. The Morgan fingerprint density at radius 1 is 1.29 bits per heavy atom. The number of rotatable bonds is 6. The predicted octanol–water partition coefficient (Wildman–Crippen LogP) is 2.14. The Morgan fingerprint density at radius 3 is 2.57 bits per heavy atom. The summed E-state index contributed by atoms with van der Waals surface area (Å²) in [5.41, 5.74) is -0.452. The number of halogens is 1. The minimum absolute atomic E-state index is 0.140. The summed E-state index contributed by atoms with van der Waals surface area (Å²) in [4.78, 5) is 9.87. The first-order chi connectivity index (χ1) is 9.90. The number of aromatic nitrogens is 1. The average molecular weight is 374 g/mol. The number of nitro benzene ring substituents is 1. The summed E-state index contributed by atoms with van der Waals surface area (Å²) in [5.74, 6) is 0. The van der Waals surface area contributed by atoms with Crippen molar-refractivity contribution in [2.45, 2.75) is 11.4 Å². The molecule has 0 radical (unpaired) electrons. The fourth-order valence-electron chi connectivity index (χ4n) is 1.76. The van der Waals surface area contributed by atoms with Crippen molar-refractivity contribution in [3.8, 4) is 0 Å². The molecule has 7 nitrogen and oxygen atoms in total. The second-order valence-electron chi connectivity index (χ2n) is 4.19. The van der Waals surface area contributed by atoms with Crippen LogP contribution in [0.1, 0.15) is 0 Å². The minimum atomic E-state index is -3.95. The van der Waals surface area contributed by atoms with Gasteiger partial charge in [0.1, 0.15) is 0 Å². The summed E-state index contributed by atoms with van der Waals surface area (Å²) in [5, 5.41) is 10.9. The quantitative estimate of drug-likeness (QED) is 0.619. The average Bonchev–Trinajstić information content (AvgIpc) is 2.91. The summed E-state index contributed by atoms with van der Waals surface area (Å²) in [6, 6.07) is 7.46. The maximum Gasteiger partial charge on any atom is 0.289 e. The molecule has 0 unspecified atom stereocenters. The van der Waals surface area contributed by atoms with E-state index in [1.165, 1.54) is 12.1 Å². The van der Waals surface area contributed by atoms with E-state index in [1.54, 1.807) is 17.0 Å². The van der Waals surface area contributed by atoms with E-state index in [4.69, 9.17) is 0 Å². The summed E-state index contributed by atoms with van der Waals surface area (Å²) in [7, 11) is -3.95. The van der Waals surface area contributed by atoms with Crippen molar-refractivity contribution in [3.63, 3.8) is 0 Å². The van der Waals surface area contributed by atoms with Crippen LogP contribution in [0.25, 0.3) is 0 Å². The van der Waals surface area contributed by atoms with Gasteiger partial charge in [-0.05, 0) is 24.3 Å². The van der Waals surface area contributed by atoms with Crippen molar-refractivity contribution < 1.29 is 13.3 Å². The van der Waals surface area contributed by atoms with E-state index in [2.05, 4.69) is 20.7 Å². The van der Waals surface area contributed by atoms with Crippen LogP contribution in [0, 0.1) is 10.1 Å². The van der Waals surface area contributed by atoms with Crippen molar-refractivity contribution >= 4 is 31.6 Å². The van der Waals surface area contributed by atoms with E-state index in [-0.39, 0.29) is 11.4 Å². The Kier molecular flexibility index (Phi) is 4.76. The lowest BCUT2D eigenvalue weighted by Gasteiger charge is -2.08. The topological polar surface area (TPSA) is 94.2 Å². The molecule has 0 bridgehead atoms. The molecule has 1 aromatic carbocycles. The van der Waals surface area contributed by atoms with E-state index in [1.807, 2.05) is 12.1 Å². The fourth-order valence-corrected chi connectivity index (χ4v) is 3.49. The van der Waals surface area contributed by atoms with Crippen LogP contribution in [0.3, 0.4) is 0 Å². The molecule has 1 aromatic heterocycles. The number of nitro groups is 1. The Morgan fingerprint density at radius 2 is 1.95 bits per heavy atom. The highest BCUT2D eigenvalue weighted by Crippen LogP contribution is 2.26. The maximum atomic E-state index is 12.2. The van der Waals surface area contributed by atoms with Gasteiger partial charge in [-0.1, -0.05) is 15.9 Å². The lowest BCUT2D eigenvalue weighted by molar-refractivity contribution is -0.387. The molecule has 112 valence electrons. The van der Waals surface area contributed by atoms with Gasteiger partial charge in [-0.2, -0.15) is 0 Å². The van der Waals surface area contributed by atoms with Crippen molar-refractivity contribution in [2.24, 2.45) is 0 Å². The van der Waals surface area contributed by atoms with Gasteiger partial charge in [-0.25, -0.2) is 13.1 Å². The zero-order valence-corrected chi connectivity index (χ0v) is 13.2. The SMILES string of the molecule is O=[N+]([O-])c1ccc(Br)cc1S(=O)(=O)NCCn1cccc1. The van der Waals surface area contributed by atoms with Gasteiger partial charge in [0, 0.05) is 36.0 Å². The van der Waals surface area contributed by atoms with Gasteiger partial charge in [0.15, 0.2) is 4.90 Å². The monoisotopic (exact) mass is 373 g/mol. The molecule has 0 fully saturated rings. The second-order valence-corrected chi connectivity index (χ2v) is 6.84. The van der Waals surface area contributed by atoms with Crippen LogP contribution >= 0.6 is 15.9 Å². The summed E-state index contributed by atoms with van der Waals surface area (Å²) in [6.07, 6.45) is 3.60. The summed E-state index contributed by atoms with van der Waals surface area (Å²) in [6.45, 7) is 0.578. The van der Waals surface area contributed by atoms with Crippen molar-refractivity contribution in [3.05, 3.63) is 57.3 Å². The molecule has 0 saturated carbocycles. The number of benzene rings is 1. The molecule has 2 aromatic rings. The smallest absolute Gasteiger partial charge is 0.289 e. The Balaban J connectivity index is 2.19. The lowest BCUT2D eigenvalue weighted by Crippen LogP contribution is -2.27. The van der Waals surface area contributed by atoms with Crippen LogP contribution in [0.15, 0.2) is 52.1 Å². The molecule has 9 heteroatoms. The number of hydrogen-bond donors (Lipinski definition) is 1. The van der Waals surface area contributed by atoms with Gasteiger partial charge in [-0.3, -0.25) is 10.1 Å². The molecule has 0 amide bonds. The van der Waals surface area contributed by atoms with Gasteiger partial charge in [0.25, 0.3) is 5.69 Å². The zero-order valence-electron chi connectivity index (χ0n) is 10.8. The number of sulfonamides is 1. The zero-order chi connectivity index (χ0) is 15.5. The predicted molar refractivity (Wildman–Crippen MR) is 80.4 cm³/mol. The van der Waals surface area contributed by atoms with E-state index >= 15 is 0 Å². The van der Waals surface area contributed by atoms with Crippen LogP contribution in [-0.2, 0) is 16.6 Å². The Bertz CT molecular complexity index is 744. The normalized spacial score (nSPS) is 11.5. The Labute approximate surface area is 129 Å². The van der Waals surface area contributed by atoms with Crippen LogP contribution in [-0.4, -0.2) is 24.5 Å². The summed E-state index contributed by atoms with van der Waals surface area (Å²) >= 11 is 3.12. The highest BCUT2D eigenvalue weighted by Gasteiger charge is 2.25.